The largest absolute Gasteiger partial charge is 0.494 e. The molecule has 0 radical (unpaired) electrons. The molecule has 0 unspecified atom stereocenters. The van der Waals surface area contributed by atoms with Crippen LogP contribution in [0.3, 0.4) is 0 Å². The maximum atomic E-state index is 14.2. The normalized spacial score (nSPS) is 12.7. The van der Waals surface area contributed by atoms with Crippen molar-refractivity contribution in [3.63, 3.8) is 0 Å². The number of rotatable bonds is 14. The Labute approximate surface area is 258 Å². The fraction of sp³-hybridized carbons (Fsp3) is 0.355. The number of amides is 2. The minimum atomic E-state index is -4.17. The van der Waals surface area contributed by atoms with Crippen LogP contribution in [0, 0.1) is 0 Å². The second-order valence-electron chi connectivity index (χ2n) is 9.75. The quantitative estimate of drug-likeness (QED) is 0.224. The van der Waals surface area contributed by atoms with Gasteiger partial charge in [0.2, 0.25) is 11.8 Å². The topological polar surface area (TPSA) is 96.0 Å². The zero-order chi connectivity index (χ0) is 30.9. The second-order valence-corrected chi connectivity index (χ2v) is 12.5. The van der Waals surface area contributed by atoms with Gasteiger partial charge in [0, 0.05) is 22.6 Å². The molecule has 0 aromatic heterocycles. The molecule has 0 aliphatic heterocycles. The van der Waals surface area contributed by atoms with E-state index in [0.29, 0.717) is 40.8 Å². The minimum absolute atomic E-state index is 0.0240. The average molecular weight is 635 g/mol. The highest BCUT2D eigenvalue weighted by molar-refractivity contribution is 7.92. The zero-order valence-electron chi connectivity index (χ0n) is 24.2. The third-order valence-electron chi connectivity index (χ3n) is 6.79. The van der Waals surface area contributed by atoms with Crippen LogP contribution in [0.2, 0.25) is 10.0 Å². The van der Waals surface area contributed by atoms with Crippen LogP contribution in [-0.2, 0) is 26.2 Å². The number of halogens is 2. The maximum Gasteiger partial charge on any atom is 0.264 e. The van der Waals surface area contributed by atoms with E-state index in [-0.39, 0.29) is 29.1 Å². The van der Waals surface area contributed by atoms with Gasteiger partial charge < -0.3 is 15.0 Å². The van der Waals surface area contributed by atoms with E-state index in [9.17, 15) is 18.0 Å². The van der Waals surface area contributed by atoms with Gasteiger partial charge in [-0.05, 0) is 80.8 Å². The Morgan fingerprint density at radius 3 is 2.17 bits per heavy atom. The second kappa shape index (κ2) is 15.3. The zero-order valence-corrected chi connectivity index (χ0v) is 26.5. The number of nitrogens with zero attached hydrogens (tertiary/aromatic N) is 2. The Hall–Kier alpha value is -3.27. The Kier molecular flexibility index (Phi) is 12.1. The Morgan fingerprint density at radius 2 is 1.60 bits per heavy atom. The summed E-state index contributed by atoms with van der Waals surface area (Å²) in [5.74, 6) is -0.333. The number of nitrogens with one attached hydrogen (secondary N) is 1. The van der Waals surface area contributed by atoms with Crippen molar-refractivity contribution < 1.29 is 22.7 Å². The van der Waals surface area contributed by atoms with E-state index >= 15 is 0 Å². The number of sulfonamides is 1. The molecule has 11 heteroatoms. The molecular formula is C31H37Cl2N3O5S. The van der Waals surface area contributed by atoms with Gasteiger partial charge in [-0.3, -0.25) is 13.9 Å². The summed E-state index contributed by atoms with van der Waals surface area (Å²) in [6.45, 7) is 7.35. The highest BCUT2D eigenvalue weighted by Crippen LogP contribution is 2.28. The highest BCUT2D eigenvalue weighted by Gasteiger charge is 2.34. The third-order valence-corrected chi connectivity index (χ3v) is 9.16. The first-order valence-electron chi connectivity index (χ1n) is 13.9. The lowest BCUT2D eigenvalue weighted by atomic mass is 10.1. The fourth-order valence-corrected chi connectivity index (χ4v) is 6.22. The van der Waals surface area contributed by atoms with Gasteiger partial charge in [-0.2, -0.15) is 0 Å². The molecule has 0 aliphatic carbocycles. The third kappa shape index (κ3) is 8.40. The summed E-state index contributed by atoms with van der Waals surface area (Å²) in [6.07, 6.45) is 1.01. The van der Waals surface area contributed by atoms with Gasteiger partial charge in [0.15, 0.2) is 0 Å². The van der Waals surface area contributed by atoms with Crippen molar-refractivity contribution in [2.45, 2.75) is 64.1 Å². The predicted octanol–water partition coefficient (Wildman–Crippen LogP) is 6.31. The van der Waals surface area contributed by atoms with E-state index in [4.69, 9.17) is 27.9 Å². The monoisotopic (exact) mass is 633 g/mol. The molecule has 1 N–H and O–H groups in total. The predicted molar refractivity (Wildman–Crippen MR) is 168 cm³/mol. The van der Waals surface area contributed by atoms with Crippen LogP contribution in [0.1, 0.15) is 46.1 Å². The van der Waals surface area contributed by atoms with Crippen molar-refractivity contribution in [1.82, 2.24) is 10.2 Å². The number of anilines is 1. The Morgan fingerprint density at radius 1 is 0.929 bits per heavy atom. The molecule has 0 saturated heterocycles. The highest BCUT2D eigenvalue weighted by atomic mass is 35.5. The molecule has 0 spiro atoms. The van der Waals surface area contributed by atoms with E-state index in [1.54, 1.807) is 67.6 Å². The molecule has 0 aliphatic rings. The van der Waals surface area contributed by atoms with Crippen LogP contribution >= 0.6 is 23.2 Å². The summed E-state index contributed by atoms with van der Waals surface area (Å²) in [7, 11) is -4.17. The summed E-state index contributed by atoms with van der Waals surface area (Å²) in [5, 5.41) is 3.71. The lowest BCUT2D eigenvalue weighted by Gasteiger charge is -2.34. The van der Waals surface area contributed by atoms with Gasteiger partial charge in [-0.15, -0.1) is 0 Å². The summed E-state index contributed by atoms with van der Waals surface area (Å²) in [4.78, 5) is 29.0. The van der Waals surface area contributed by atoms with E-state index in [2.05, 4.69) is 5.32 Å². The van der Waals surface area contributed by atoms with Gasteiger partial charge in [-0.25, -0.2) is 8.42 Å². The van der Waals surface area contributed by atoms with Crippen molar-refractivity contribution in [2.24, 2.45) is 0 Å². The first-order valence-corrected chi connectivity index (χ1v) is 16.1. The van der Waals surface area contributed by atoms with Gasteiger partial charge in [0.25, 0.3) is 10.0 Å². The SMILES string of the molecule is CCOc1ccc(N(CC(=O)N(Cc2ccc(Cl)cc2Cl)[C@@H](CC)C(=O)N[C@H](C)CC)S(=O)(=O)c2ccccc2)cc1. The van der Waals surface area contributed by atoms with E-state index in [0.717, 1.165) is 4.31 Å². The summed E-state index contributed by atoms with van der Waals surface area (Å²) in [5.41, 5.74) is 0.847. The number of hydrogen-bond donors (Lipinski definition) is 1. The van der Waals surface area contributed by atoms with Crippen molar-refractivity contribution in [3.8, 4) is 5.75 Å². The van der Waals surface area contributed by atoms with Crippen LogP contribution in [0.5, 0.6) is 5.75 Å². The molecule has 0 heterocycles. The summed E-state index contributed by atoms with van der Waals surface area (Å²) < 4.78 is 34.4. The summed E-state index contributed by atoms with van der Waals surface area (Å²) >= 11 is 12.6. The molecule has 3 aromatic rings. The molecule has 0 fully saturated rings. The molecule has 3 rings (SSSR count). The van der Waals surface area contributed by atoms with Crippen LogP contribution in [0.25, 0.3) is 0 Å². The standard InChI is InChI=1S/C31H37Cl2N3O5S/c1-5-22(4)34-31(38)29(6-2)35(20-23-13-14-24(32)19-28(23)33)30(37)21-36(25-15-17-26(18-16-25)41-7-3)42(39,40)27-11-9-8-10-12-27/h8-19,22,29H,5-7,20-21H2,1-4H3,(H,34,38)/t22-,29+/m1/s1. The van der Waals surface area contributed by atoms with Crippen molar-refractivity contribution >= 4 is 50.7 Å². The van der Waals surface area contributed by atoms with Crippen LogP contribution in [0.15, 0.2) is 77.7 Å². The smallest absolute Gasteiger partial charge is 0.264 e. The van der Waals surface area contributed by atoms with Crippen LogP contribution < -0.4 is 14.4 Å². The van der Waals surface area contributed by atoms with E-state index < -0.39 is 28.5 Å². The molecule has 226 valence electrons. The Bertz CT molecular complexity index is 1450. The number of benzene rings is 3. The molecule has 0 bridgehead atoms. The lowest BCUT2D eigenvalue weighted by Crippen LogP contribution is -2.53. The number of hydrogen-bond acceptors (Lipinski definition) is 5. The maximum absolute atomic E-state index is 14.2. The van der Waals surface area contributed by atoms with Crippen LogP contribution in [0.4, 0.5) is 5.69 Å². The number of carbonyl (C=O) groups is 2. The van der Waals surface area contributed by atoms with E-state index in [1.807, 2.05) is 20.8 Å². The molecule has 42 heavy (non-hydrogen) atoms. The van der Waals surface area contributed by atoms with Gasteiger partial charge in [0.1, 0.15) is 18.3 Å². The number of ether oxygens (including phenoxy) is 1. The molecule has 0 saturated carbocycles. The molecule has 8 nitrogen and oxygen atoms in total. The minimum Gasteiger partial charge on any atom is -0.494 e. The molecule has 2 atom stereocenters. The lowest BCUT2D eigenvalue weighted by molar-refractivity contribution is -0.140. The van der Waals surface area contributed by atoms with E-state index in [1.165, 1.54) is 17.0 Å². The first-order chi connectivity index (χ1) is 20.0. The van der Waals surface area contributed by atoms with Crippen molar-refractivity contribution in [2.75, 3.05) is 17.5 Å². The van der Waals surface area contributed by atoms with Gasteiger partial charge in [-0.1, -0.05) is 61.3 Å². The van der Waals surface area contributed by atoms with Crippen LogP contribution in [-0.4, -0.2) is 50.4 Å². The van der Waals surface area contributed by atoms with Gasteiger partial charge in [0.05, 0.1) is 17.2 Å². The average Bonchev–Trinajstić information content (AvgIpc) is 2.97. The van der Waals surface area contributed by atoms with Crippen molar-refractivity contribution in [3.05, 3.63) is 88.4 Å². The molecule has 3 aromatic carbocycles. The van der Waals surface area contributed by atoms with Gasteiger partial charge >= 0.3 is 0 Å². The summed E-state index contributed by atoms with van der Waals surface area (Å²) in [6, 6.07) is 18.3. The molecule has 2 amide bonds. The number of carbonyl (C=O) groups excluding carboxylic acids is 2. The fourth-order valence-electron chi connectivity index (χ4n) is 4.32. The van der Waals surface area contributed by atoms with Crippen molar-refractivity contribution in [1.29, 1.82) is 0 Å². The Balaban J connectivity index is 2.07. The molecular weight excluding hydrogens is 597 g/mol. The first kappa shape index (κ1) is 33.2.